The van der Waals surface area contributed by atoms with E-state index in [-0.39, 0.29) is 17.6 Å². The van der Waals surface area contributed by atoms with Gasteiger partial charge in [-0.1, -0.05) is 32.1 Å². The van der Waals surface area contributed by atoms with E-state index in [0.717, 1.165) is 40.7 Å². The van der Waals surface area contributed by atoms with Crippen LogP contribution in [0.5, 0.6) is 0 Å². The summed E-state index contributed by atoms with van der Waals surface area (Å²) < 4.78 is 8.04. The predicted octanol–water partition coefficient (Wildman–Crippen LogP) is 3.25. The van der Waals surface area contributed by atoms with E-state index in [4.69, 9.17) is 9.84 Å². The molecule has 2 unspecified atom stereocenters. The van der Waals surface area contributed by atoms with Crippen LogP contribution in [0.15, 0.2) is 18.6 Å². The third kappa shape index (κ3) is 2.47. The maximum atomic E-state index is 6.15. The fourth-order valence-electron chi connectivity index (χ4n) is 3.65. The molecule has 7 nitrogen and oxygen atoms in total. The van der Waals surface area contributed by atoms with Crippen LogP contribution >= 0.6 is 11.3 Å². The van der Waals surface area contributed by atoms with Crippen LogP contribution in [0.4, 0.5) is 0 Å². The van der Waals surface area contributed by atoms with Gasteiger partial charge in [0.25, 0.3) is 0 Å². The molecule has 1 saturated heterocycles. The molecule has 3 aromatic rings. The lowest BCUT2D eigenvalue weighted by molar-refractivity contribution is 0.0287. The molecular weight excluding hydrogens is 348 g/mol. The molecule has 5 heterocycles. The fraction of sp³-hybridized carbons (Fsp3) is 0.500. The van der Waals surface area contributed by atoms with Gasteiger partial charge in [-0.2, -0.15) is 5.10 Å². The van der Waals surface area contributed by atoms with Crippen molar-refractivity contribution in [1.29, 1.82) is 0 Å². The molecule has 26 heavy (non-hydrogen) atoms. The maximum absolute atomic E-state index is 6.15. The molecule has 8 heteroatoms. The molecule has 134 valence electrons. The summed E-state index contributed by atoms with van der Waals surface area (Å²) in [6.45, 7) is 6.46. The lowest BCUT2D eigenvalue weighted by Crippen LogP contribution is -2.19. The highest BCUT2D eigenvalue weighted by molar-refractivity contribution is 7.14. The topological polar surface area (TPSA) is 78.6 Å². The van der Waals surface area contributed by atoms with Gasteiger partial charge in [0, 0.05) is 29.8 Å². The Balaban J connectivity index is 1.69. The SMILES string of the molecule is CC(C)(C)c1nnc(-c2nn(-c3cnccn3)c3c2CC2CCC3O2)s1. The fourth-order valence-corrected chi connectivity index (χ4v) is 4.56. The number of nitrogens with zero attached hydrogens (tertiary/aromatic N) is 6. The van der Waals surface area contributed by atoms with Gasteiger partial charge in [0.05, 0.1) is 18.0 Å². The molecule has 2 bridgehead atoms. The molecule has 0 saturated carbocycles. The van der Waals surface area contributed by atoms with Crippen molar-refractivity contribution in [3.63, 3.8) is 0 Å². The molecule has 5 rings (SSSR count). The highest BCUT2D eigenvalue weighted by atomic mass is 32.1. The summed E-state index contributed by atoms with van der Waals surface area (Å²) in [6.07, 6.45) is 8.41. The summed E-state index contributed by atoms with van der Waals surface area (Å²) in [4.78, 5) is 8.64. The van der Waals surface area contributed by atoms with Crippen LogP contribution in [0.1, 0.15) is 56.0 Å². The van der Waals surface area contributed by atoms with Crippen LogP contribution in [0.3, 0.4) is 0 Å². The zero-order chi connectivity index (χ0) is 17.9. The van der Waals surface area contributed by atoms with Crippen molar-refractivity contribution in [2.45, 2.75) is 57.7 Å². The number of aromatic nitrogens is 6. The number of fused-ring (bicyclic) bond motifs is 4. The van der Waals surface area contributed by atoms with E-state index in [0.29, 0.717) is 5.82 Å². The van der Waals surface area contributed by atoms with Crippen LogP contribution < -0.4 is 0 Å². The van der Waals surface area contributed by atoms with Gasteiger partial charge in [-0.05, 0) is 12.8 Å². The quantitative estimate of drug-likeness (QED) is 0.691. The van der Waals surface area contributed by atoms with Gasteiger partial charge in [0.15, 0.2) is 10.8 Å². The summed E-state index contributed by atoms with van der Waals surface area (Å²) in [5.41, 5.74) is 3.22. The average molecular weight is 368 g/mol. The Kier molecular flexibility index (Phi) is 3.48. The monoisotopic (exact) mass is 368 g/mol. The lowest BCUT2D eigenvalue weighted by Gasteiger charge is -2.22. The molecule has 0 aromatic carbocycles. The number of hydrogen-bond donors (Lipinski definition) is 0. The van der Waals surface area contributed by atoms with Crippen molar-refractivity contribution in [1.82, 2.24) is 29.9 Å². The van der Waals surface area contributed by atoms with E-state index >= 15 is 0 Å². The van der Waals surface area contributed by atoms with Crippen molar-refractivity contribution >= 4 is 11.3 Å². The molecule has 0 amide bonds. The Hall–Kier alpha value is -2.19. The second-order valence-corrected chi connectivity index (χ2v) is 8.86. The van der Waals surface area contributed by atoms with E-state index in [9.17, 15) is 0 Å². The Morgan fingerprint density at radius 2 is 2.08 bits per heavy atom. The minimum absolute atomic E-state index is 0.0222. The minimum Gasteiger partial charge on any atom is -0.368 e. The van der Waals surface area contributed by atoms with E-state index < -0.39 is 0 Å². The van der Waals surface area contributed by atoms with Crippen LogP contribution in [-0.2, 0) is 16.6 Å². The van der Waals surface area contributed by atoms with Crippen molar-refractivity contribution < 1.29 is 4.74 Å². The Bertz CT molecular complexity index is 958. The predicted molar refractivity (Wildman–Crippen MR) is 97.3 cm³/mol. The van der Waals surface area contributed by atoms with E-state index in [2.05, 4.69) is 40.9 Å². The third-order valence-corrected chi connectivity index (χ3v) is 6.26. The summed E-state index contributed by atoms with van der Waals surface area (Å²) in [6, 6.07) is 0. The van der Waals surface area contributed by atoms with Crippen LogP contribution in [0.25, 0.3) is 16.5 Å². The molecule has 1 fully saturated rings. The summed E-state index contributed by atoms with van der Waals surface area (Å²) in [5, 5.41) is 15.6. The standard InChI is InChI=1S/C18H20N6OS/c1-18(2,3)17-22-21-16(26-17)14-11-8-10-4-5-12(25-10)15(11)24(23-14)13-9-19-6-7-20-13/h6-7,9-10,12H,4-5,8H2,1-3H3. The summed E-state index contributed by atoms with van der Waals surface area (Å²) >= 11 is 1.62. The zero-order valence-corrected chi connectivity index (χ0v) is 15.8. The lowest BCUT2D eigenvalue weighted by atomic mass is 9.98. The van der Waals surface area contributed by atoms with Gasteiger partial charge in [0.1, 0.15) is 16.8 Å². The first-order chi connectivity index (χ1) is 12.5. The first-order valence-electron chi connectivity index (χ1n) is 8.88. The highest BCUT2D eigenvalue weighted by Gasteiger charge is 2.40. The molecule has 2 aliphatic rings. The van der Waals surface area contributed by atoms with Gasteiger partial charge in [-0.15, -0.1) is 10.2 Å². The maximum Gasteiger partial charge on any atom is 0.172 e. The highest BCUT2D eigenvalue weighted by Crippen LogP contribution is 2.45. The number of ether oxygens (including phenoxy) is 1. The van der Waals surface area contributed by atoms with Crippen LogP contribution in [0.2, 0.25) is 0 Å². The second-order valence-electron chi connectivity index (χ2n) is 7.88. The molecular formula is C18H20N6OS. The molecule has 3 aromatic heterocycles. The van der Waals surface area contributed by atoms with Gasteiger partial charge < -0.3 is 4.74 Å². The smallest absolute Gasteiger partial charge is 0.172 e. The normalized spacial score (nSPS) is 21.8. The van der Waals surface area contributed by atoms with Gasteiger partial charge in [-0.3, -0.25) is 4.98 Å². The third-order valence-electron chi connectivity index (χ3n) is 4.90. The zero-order valence-electron chi connectivity index (χ0n) is 15.0. The van der Waals surface area contributed by atoms with Crippen molar-refractivity contribution in [2.75, 3.05) is 0 Å². The Morgan fingerprint density at radius 1 is 1.19 bits per heavy atom. The van der Waals surface area contributed by atoms with Crippen LogP contribution in [-0.4, -0.2) is 36.0 Å². The summed E-state index contributed by atoms with van der Waals surface area (Å²) in [7, 11) is 0. The Labute approximate surface area is 155 Å². The van der Waals surface area contributed by atoms with Crippen molar-refractivity contribution in [3.05, 3.63) is 34.9 Å². The number of rotatable bonds is 2. The minimum atomic E-state index is -0.0222. The van der Waals surface area contributed by atoms with Gasteiger partial charge >= 0.3 is 0 Å². The van der Waals surface area contributed by atoms with Gasteiger partial charge in [0.2, 0.25) is 0 Å². The van der Waals surface area contributed by atoms with Crippen molar-refractivity contribution in [2.24, 2.45) is 0 Å². The molecule has 2 atom stereocenters. The Morgan fingerprint density at radius 3 is 2.81 bits per heavy atom. The average Bonchev–Trinajstić information content (AvgIpc) is 3.33. The van der Waals surface area contributed by atoms with E-state index in [1.54, 1.807) is 29.9 Å². The molecule has 0 spiro atoms. The first-order valence-corrected chi connectivity index (χ1v) is 9.70. The van der Waals surface area contributed by atoms with Crippen LogP contribution in [0, 0.1) is 0 Å². The largest absolute Gasteiger partial charge is 0.368 e. The van der Waals surface area contributed by atoms with Crippen molar-refractivity contribution in [3.8, 4) is 16.5 Å². The van der Waals surface area contributed by atoms with E-state index in [1.807, 2.05) is 4.68 Å². The second kappa shape index (κ2) is 5.65. The summed E-state index contributed by atoms with van der Waals surface area (Å²) in [5.74, 6) is 0.713. The number of hydrogen-bond acceptors (Lipinski definition) is 7. The van der Waals surface area contributed by atoms with E-state index in [1.165, 1.54) is 5.56 Å². The molecule has 0 N–H and O–H groups in total. The molecule has 2 aliphatic heterocycles. The van der Waals surface area contributed by atoms with Gasteiger partial charge in [-0.25, -0.2) is 9.67 Å². The molecule has 0 aliphatic carbocycles. The first kappa shape index (κ1) is 16.0. The molecule has 0 radical (unpaired) electrons.